The standard InChI is InChI=1S/C13H20N2O5/c1-13(18,7-16)6-15-12(17)9-4-8(19-2)5-10(20-3)11(9)14/h4-5,16,18H,6-7,14H2,1-3H3,(H,15,17). The Hall–Kier alpha value is -1.99. The molecule has 0 aliphatic heterocycles. The number of rotatable bonds is 6. The van der Waals surface area contributed by atoms with Crippen LogP contribution in [0.2, 0.25) is 0 Å². The van der Waals surface area contributed by atoms with Crippen molar-refractivity contribution in [2.45, 2.75) is 12.5 Å². The molecule has 0 spiro atoms. The first-order valence-corrected chi connectivity index (χ1v) is 5.97. The molecule has 1 rings (SSSR count). The van der Waals surface area contributed by atoms with Crippen LogP contribution in [0, 0.1) is 0 Å². The molecule has 0 fully saturated rings. The summed E-state index contributed by atoms with van der Waals surface area (Å²) in [6.07, 6.45) is 0. The van der Waals surface area contributed by atoms with Gasteiger partial charge >= 0.3 is 0 Å². The number of aliphatic hydroxyl groups is 2. The van der Waals surface area contributed by atoms with E-state index in [0.29, 0.717) is 11.5 Å². The smallest absolute Gasteiger partial charge is 0.253 e. The van der Waals surface area contributed by atoms with Crippen LogP contribution in [0.15, 0.2) is 12.1 Å². The van der Waals surface area contributed by atoms with Gasteiger partial charge in [-0.05, 0) is 13.0 Å². The minimum absolute atomic E-state index is 0.110. The van der Waals surface area contributed by atoms with Crippen LogP contribution in [-0.2, 0) is 0 Å². The number of anilines is 1. The van der Waals surface area contributed by atoms with E-state index in [2.05, 4.69) is 5.32 Å². The zero-order valence-electron chi connectivity index (χ0n) is 11.8. The van der Waals surface area contributed by atoms with Gasteiger partial charge in [0.1, 0.15) is 17.1 Å². The van der Waals surface area contributed by atoms with Crippen LogP contribution in [0.3, 0.4) is 0 Å². The molecule has 0 bridgehead atoms. The average Bonchev–Trinajstić information content (AvgIpc) is 2.45. The molecule has 1 unspecified atom stereocenters. The van der Waals surface area contributed by atoms with Gasteiger partial charge in [0.2, 0.25) is 0 Å². The number of hydrogen-bond acceptors (Lipinski definition) is 6. The fourth-order valence-electron chi connectivity index (χ4n) is 1.50. The number of ether oxygens (including phenoxy) is 2. The van der Waals surface area contributed by atoms with E-state index in [4.69, 9.17) is 20.3 Å². The number of hydrogen-bond donors (Lipinski definition) is 4. The maximum atomic E-state index is 12.1. The Bertz CT molecular complexity index is 488. The summed E-state index contributed by atoms with van der Waals surface area (Å²) < 4.78 is 10.1. The molecular formula is C13H20N2O5. The molecule has 0 aromatic heterocycles. The van der Waals surface area contributed by atoms with Gasteiger partial charge in [0.15, 0.2) is 0 Å². The number of nitrogens with one attached hydrogen (secondary N) is 1. The Morgan fingerprint density at radius 2 is 2.05 bits per heavy atom. The second-order valence-electron chi connectivity index (χ2n) is 4.63. The van der Waals surface area contributed by atoms with Gasteiger partial charge in [0.05, 0.1) is 32.1 Å². The minimum atomic E-state index is -1.40. The molecule has 7 heteroatoms. The number of aliphatic hydroxyl groups excluding tert-OH is 1. The number of nitrogen functional groups attached to an aromatic ring is 1. The molecule has 1 aromatic carbocycles. The minimum Gasteiger partial charge on any atom is -0.497 e. The highest BCUT2D eigenvalue weighted by atomic mass is 16.5. The zero-order chi connectivity index (χ0) is 15.3. The third-order valence-corrected chi connectivity index (χ3v) is 2.79. The number of carbonyl (C=O) groups excluding carboxylic acids is 1. The van der Waals surface area contributed by atoms with E-state index in [-0.39, 0.29) is 17.8 Å². The molecule has 0 saturated carbocycles. The van der Waals surface area contributed by atoms with Crippen molar-refractivity contribution < 1.29 is 24.5 Å². The van der Waals surface area contributed by atoms with Gasteiger partial charge in [-0.25, -0.2) is 0 Å². The first-order valence-electron chi connectivity index (χ1n) is 5.97. The molecule has 7 nitrogen and oxygen atoms in total. The monoisotopic (exact) mass is 284 g/mol. The Morgan fingerprint density at radius 3 is 2.55 bits per heavy atom. The van der Waals surface area contributed by atoms with Crippen molar-refractivity contribution in [3.05, 3.63) is 17.7 Å². The maximum Gasteiger partial charge on any atom is 0.253 e. The Labute approximate surface area is 117 Å². The lowest BCUT2D eigenvalue weighted by Crippen LogP contribution is -2.43. The molecule has 0 aliphatic rings. The van der Waals surface area contributed by atoms with Gasteiger partial charge < -0.3 is 30.7 Å². The summed E-state index contributed by atoms with van der Waals surface area (Å²) in [6, 6.07) is 3.04. The molecule has 1 amide bonds. The normalized spacial score (nSPS) is 13.4. The van der Waals surface area contributed by atoms with Crippen LogP contribution in [0.4, 0.5) is 5.69 Å². The van der Waals surface area contributed by atoms with E-state index >= 15 is 0 Å². The number of carbonyl (C=O) groups is 1. The quantitative estimate of drug-likeness (QED) is 0.536. The van der Waals surface area contributed by atoms with Crippen molar-refractivity contribution >= 4 is 11.6 Å². The topological polar surface area (TPSA) is 114 Å². The molecule has 112 valence electrons. The van der Waals surface area contributed by atoms with Crippen molar-refractivity contribution in [3.63, 3.8) is 0 Å². The van der Waals surface area contributed by atoms with Crippen molar-refractivity contribution in [2.75, 3.05) is 33.1 Å². The van der Waals surface area contributed by atoms with Gasteiger partial charge in [-0.1, -0.05) is 0 Å². The Morgan fingerprint density at radius 1 is 1.40 bits per heavy atom. The highest BCUT2D eigenvalue weighted by molar-refractivity contribution is 6.01. The third kappa shape index (κ3) is 3.75. The lowest BCUT2D eigenvalue weighted by molar-refractivity contribution is 0.00320. The number of methoxy groups -OCH3 is 2. The maximum absolute atomic E-state index is 12.1. The molecule has 20 heavy (non-hydrogen) atoms. The van der Waals surface area contributed by atoms with E-state index in [1.807, 2.05) is 0 Å². The Balaban J connectivity index is 2.97. The molecule has 0 radical (unpaired) electrons. The zero-order valence-corrected chi connectivity index (χ0v) is 11.8. The van der Waals surface area contributed by atoms with E-state index in [0.717, 1.165) is 0 Å². The van der Waals surface area contributed by atoms with Crippen molar-refractivity contribution in [3.8, 4) is 11.5 Å². The fourth-order valence-corrected chi connectivity index (χ4v) is 1.50. The molecular weight excluding hydrogens is 264 g/mol. The van der Waals surface area contributed by atoms with E-state index in [1.165, 1.54) is 27.2 Å². The summed E-state index contributed by atoms with van der Waals surface area (Å²) in [4.78, 5) is 12.1. The summed E-state index contributed by atoms with van der Waals surface area (Å²) in [5, 5.41) is 21.1. The molecule has 1 aromatic rings. The second-order valence-corrected chi connectivity index (χ2v) is 4.63. The lowest BCUT2D eigenvalue weighted by Gasteiger charge is -2.21. The summed E-state index contributed by atoms with van der Waals surface area (Å²) in [5.74, 6) is 0.256. The first kappa shape index (κ1) is 16.1. The highest BCUT2D eigenvalue weighted by Crippen LogP contribution is 2.30. The summed E-state index contributed by atoms with van der Waals surface area (Å²) >= 11 is 0. The molecule has 5 N–H and O–H groups in total. The first-order chi connectivity index (χ1) is 9.34. The predicted molar refractivity (Wildman–Crippen MR) is 74.0 cm³/mol. The van der Waals surface area contributed by atoms with Crippen molar-refractivity contribution in [1.29, 1.82) is 0 Å². The molecule has 0 heterocycles. The number of benzene rings is 1. The highest BCUT2D eigenvalue weighted by Gasteiger charge is 2.22. The number of amides is 1. The largest absolute Gasteiger partial charge is 0.497 e. The van der Waals surface area contributed by atoms with Gasteiger partial charge in [-0.15, -0.1) is 0 Å². The fraction of sp³-hybridized carbons (Fsp3) is 0.462. The lowest BCUT2D eigenvalue weighted by atomic mass is 10.1. The van der Waals surface area contributed by atoms with Crippen LogP contribution in [-0.4, -0.2) is 49.1 Å². The van der Waals surface area contributed by atoms with Crippen molar-refractivity contribution in [1.82, 2.24) is 5.32 Å². The third-order valence-electron chi connectivity index (χ3n) is 2.79. The second kappa shape index (κ2) is 6.44. The molecule has 0 saturated heterocycles. The van der Waals surface area contributed by atoms with Crippen LogP contribution in [0.5, 0.6) is 11.5 Å². The molecule has 1 atom stereocenters. The molecule has 0 aliphatic carbocycles. The predicted octanol–water partition coefficient (Wildman–Crippen LogP) is -0.241. The van der Waals surface area contributed by atoms with Gasteiger partial charge in [0, 0.05) is 12.6 Å². The van der Waals surface area contributed by atoms with Crippen LogP contribution in [0.25, 0.3) is 0 Å². The van der Waals surface area contributed by atoms with Gasteiger partial charge in [-0.3, -0.25) is 4.79 Å². The van der Waals surface area contributed by atoms with Crippen LogP contribution < -0.4 is 20.5 Å². The van der Waals surface area contributed by atoms with E-state index < -0.39 is 18.1 Å². The van der Waals surface area contributed by atoms with Gasteiger partial charge in [-0.2, -0.15) is 0 Å². The van der Waals surface area contributed by atoms with E-state index in [9.17, 15) is 9.90 Å². The van der Waals surface area contributed by atoms with Crippen LogP contribution >= 0.6 is 0 Å². The average molecular weight is 284 g/mol. The number of nitrogens with two attached hydrogens (primary N) is 1. The summed E-state index contributed by atoms with van der Waals surface area (Å²) in [7, 11) is 2.90. The SMILES string of the molecule is COc1cc(OC)c(N)c(C(=O)NCC(C)(O)CO)c1. The van der Waals surface area contributed by atoms with Crippen molar-refractivity contribution in [2.24, 2.45) is 0 Å². The van der Waals surface area contributed by atoms with Gasteiger partial charge in [0.25, 0.3) is 5.91 Å². The Kier molecular flexibility index (Phi) is 5.18. The summed E-state index contributed by atoms with van der Waals surface area (Å²) in [6.45, 7) is 0.828. The summed E-state index contributed by atoms with van der Waals surface area (Å²) in [5.41, 5.74) is 4.79. The van der Waals surface area contributed by atoms with E-state index in [1.54, 1.807) is 6.07 Å². The van der Waals surface area contributed by atoms with Crippen LogP contribution in [0.1, 0.15) is 17.3 Å².